The maximum absolute atomic E-state index is 13.3. The number of carbonyl (C=O) groups excluding carboxylic acids is 2. The van der Waals surface area contributed by atoms with E-state index in [0.29, 0.717) is 24.2 Å². The SMILES string of the molecule is C=Cc1ccc(C(=O)Oc2ccc(Oc3c(I)cc(C(=O)OCC(F)(F)S(=O)(=O)O)cc3I)cc2)cc1. The number of halogens is 4. The van der Waals surface area contributed by atoms with E-state index in [2.05, 4.69) is 11.3 Å². The monoisotopic (exact) mass is 756 g/mol. The minimum absolute atomic E-state index is 0.129. The number of esters is 2. The Morgan fingerprint density at radius 2 is 1.46 bits per heavy atom. The lowest BCUT2D eigenvalue weighted by Gasteiger charge is -2.14. The minimum atomic E-state index is -5.73. The van der Waals surface area contributed by atoms with Crippen molar-refractivity contribution >= 4 is 73.3 Å². The molecule has 37 heavy (non-hydrogen) atoms. The third-order valence-corrected chi connectivity index (χ3v) is 7.09. The molecule has 13 heteroatoms. The number of hydrogen-bond acceptors (Lipinski definition) is 7. The lowest BCUT2D eigenvalue weighted by Crippen LogP contribution is -2.34. The van der Waals surface area contributed by atoms with Crippen molar-refractivity contribution in [1.29, 1.82) is 0 Å². The average molecular weight is 756 g/mol. The van der Waals surface area contributed by atoms with Gasteiger partial charge < -0.3 is 14.2 Å². The smallest absolute Gasteiger partial charge is 0.402 e. The van der Waals surface area contributed by atoms with Crippen LogP contribution in [0.5, 0.6) is 17.2 Å². The standard InChI is InChI=1S/C24H16F2I2O8S/c1-2-14-3-5-15(6-4-14)23(30)36-18-9-7-17(8-10-18)35-21-19(27)11-16(12-20(21)28)22(29)34-13-24(25,26)37(31,32)33/h2-12H,1,13H2,(H,31,32,33). The van der Waals surface area contributed by atoms with Crippen LogP contribution in [0.25, 0.3) is 6.08 Å². The lowest BCUT2D eigenvalue weighted by atomic mass is 10.1. The van der Waals surface area contributed by atoms with Crippen LogP contribution in [0, 0.1) is 7.14 Å². The molecule has 8 nitrogen and oxygen atoms in total. The summed E-state index contributed by atoms with van der Waals surface area (Å²) in [6, 6.07) is 15.5. The Kier molecular flexibility index (Phi) is 9.25. The normalized spacial score (nSPS) is 11.5. The van der Waals surface area contributed by atoms with Crippen LogP contribution < -0.4 is 9.47 Å². The second-order valence-corrected chi connectivity index (χ2v) is 11.1. The Labute approximate surface area is 237 Å². The molecular weight excluding hydrogens is 740 g/mol. The van der Waals surface area contributed by atoms with E-state index >= 15 is 0 Å². The summed E-state index contributed by atoms with van der Waals surface area (Å²) in [6.07, 6.45) is 1.66. The third kappa shape index (κ3) is 7.45. The van der Waals surface area contributed by atoms with Gasteiger partial charge in [-0.2, -0.15) is 17.2 Å². The molecule has 0 unspecified atom stereocenters. The summed E-state index contributed by atoms with van der Waals surface area (Å²) in [6.45, 7) is 1.82. The highest BCUT2D eigenvalue weighted by atomic mass is 127. The molecule has 0 atom stereocenters. The van der Waals surface area contributed by atoms with Gasteiger partial charge >= 0.3 is 27.3 Å². The zero-order valence-corrected chi connectivity index (χ0v) is 23.6. The molecule has 3 aromatic carbocycles. The molecule has 0 aliphatic rings. The fourth-order valence-electron chi connectivity index (χ4n) is 2.70. The predicted molar refractivity (Wildman–Crippen MR) is 147 cm³/mol. The van der Waals surface area contributed by atoms with Gasteiger partial charge in [-0.15, -0.1) is 0 Å². The van der Waals surface area contributed by atoms with E-state index in [1.807, 2.05) is 45.2 Å². The van der Waals surface area contributed by atoms with Crippen LogP contribution >= 0.6 is 45.2 Å². The van der Waals surface area contributed by atoms with Gasteiger partial charge in [0, 0.05) is 0 Å². The van der Waals surface area contributed by atoms with Crippen LogP contribution in [0.3, 0.4) is 0 Å². The first kappa shape index (κ1) is 28.9. The van der Waals surface area contributed by atoms with Crippen molar-refractivity contribution in [1.82, 2.24) is 0 Å². The number of benzene rings is 3. The van der Waals surface area contributed by atoms with Crippen LogP contribution in [0.1, 0.15) is 26.3 Å². The molecule has 194 valence electrons. The van der Waals surface area contributed by atoms with Crippen LogP contribution in [0.4, 0.5) is 8.78 Å². The van der Waals surface area contributed by atoms with Crippen molar-refractivity contribution in [2.45, 2.75) is 5.25 Å². The Balaban J connectivity index is 1.67. The zero-order chi connectivity index (χ0) is 27.4. The molecule has 0 aliphatic heterocycles. The molecule has 0 spiro atoms. The second kappa shape index (κ2) is 11.8. The van der Waals surface area contributed by atoms with Crippen LogP contribution in [-0.2, 0) is 14.9 Å². The zero-order valence-electron chi connectivity index (χ0n) is 18.5. The highest BCUT2D eigenvalue weighted by molar-refractivity contribution is 14.1. The van der Waals surface area contributed by atoms with E-state index in [0.717, 1.165) is 5.56 Å². The van der Waals surface area contributed by atoms with Crippen molar-refractivity contribution in [2.75, 3.05) is 6.61 Å². The van der Waals surface area contributed by atoms with Gasteiger partial charge in [-0.1, -0.05) is 24.8 Å². The Morgan fingerprint density at radius 1 is 0.919 bits per heavy atom. The van der Waals surface area contributed by atoms with E-state index < -0.39 is 33.9 Å². The molecule has 0 saturated carbocycles. The largest absolute Gasteiger partial charge is 0.455 e. The maximum Gasteiger partial charge on any atom is 0.402 e. The van der Waals surface area contributed by atoms with E-state index in [9.17, 15) is 26.8 Å². The quantitative estimate of drug-likeness (QED) is 0.119. The van der Waals surface area contributed by atoms with Crippen LogP contribution in [0.2, 0.25) is 0 Å². The van der Waals surface area contributed by atoms with Crippen molar-refractivity contribution in [3.8, 4) is 17.2 Å². The number of rotatable bonds is 9. The first-order valence-electron chi connectivity index (χ1n) is 10.0. The number of carbonyl (C=O) groups is 2. The van der Waals surface area contributed by atoms with Gasteiger partial charge in [0.25, 0.3) is 0 Å². The van der Waals surface area contributed by atoms with Crippen LogP contribution in [0.15, 0.2) is 67.2 Å². The first-order valence-corrected chi connectivity index (χ1v) is 13.6. The fraction of sp³-hybridized carbons (Fsp3) is 0.0833. The molecule has 0 aromatic heterocycles. The summed E-state index contributed by atoms with van der Waals surface area (Å²) >= 11 is 3.73. The predicted octanol–water partition coefficient (Wildman–Crippen LogP) is 6.19. The summed E-state index contributed by atoms with van der Waals surface area (Å²) in [5, 5.41) is -4.64. The summed E-state index contributed by atoms with van der Waals surface area (Å²) < 4.78 is 72.9. The first-order chi connectivity index (χ1) is 17.3. The van der Waals surface area contributed by atoms with Gasteiger partial charge in [-0.3, -0.25) is 4.55 Å². The number of hydrogen-bond donors (Lipinski definition) is 1. The van der Waals surface area contributed by atoms with Gasteiger partial charge in [0.1, 0.15) is 11.5 Å². The molecule has 0 heterocycles. The van der Waals surface area contributed by atoms with Crippen molar-refractivity contribution in [3.05, 3.63) is 91.1 Å². The minimum Gasteiger partial charge on any atom is -0.455 e. The Morgan fingerprint density at radius 3 is 1.97 bits per heavy atom. The Bertz CT molecular complexity index is 1420. The molecule has 0 aliphatic carbocycles. The van der Waals surface area contributed by atoms with Gasteiger partial charge in [0.15, 0.2) is 12.4 Å². The van der Waals surface area contributed by atoms with Gasteiger partial charge in [-0.25, -0.2) is 9.59 Å². The van der Waals surface area contributed by atoms with Gasteiger partial charge in [0.05, 0.1) is 18.3 Å². The molecule has 0 radical (unpaired) electrons. The lowest BCUT2D eigenvalue weighted by molar-refractivity contribution is -0.00951. The van der Waals surface area contributed by atoms with Crippen molar-refractivity contribution in [3.63, 3.8) is 0 Å². The summed E-state index contributed by atoms with van der Waals surface area (Å²) in [5.41, 5.74) is 1.11. The number of alkyl halides is 2. The molecule has 0 amide bonds. The highest BCUT2D eigenvalue weighted by Gasteiger charge is 2.45. The van der Waals surface area contributed by atoms with E-state index in [-0.39, 0.29) is 11.3 Å². The van der Waals surface area contributed by atoms with Gasteiger partial charge in [-0.05, 0) is 99.3 Å². The fourth-order valence-corrected chi connectivity index (χ4v) is 4.89. The molecule has 3 aromatic rings. The molecule has 0 fully saturated rings. The third-order valence-electron chi connectivity index (χ3n) is 4.62. The molecule has 0 saturated heterocycles. The summed E-state index contributed by atoms with van der Waals surface area (Å²) in [5.74, 6) is -0.724. The number of ether oxygens (including phenoxy) is 3. The summed E-state index contributed by atoms with van der Waals surface area (Å²) in [7, 11) is -5.73. The highest BCUT2D eigenvalue weighted by Crippen LogP contribution is 2.34. The summed E-state index contributed by atoms with van der Waals surface area (Å²) in [4.78, 5) is 24.4. The Hall–Kier alpha value is -2.63. The van der Waals surface area contributed by atoms with E-state index in [1.165, 1.54) is 24.3 Å². The van der Waals surface area contributed by atoms with Gasteiger partial charge in [0.2, 0.25) is 0 Å². The molecule has 3 rings (SSSR count). The molecule has 0 bridgehead atoms. The molecule has 1 N–H and O–H groups in total. The maximum atomic E-state index is 13.3. The van der Waals surface area contributed by atoms with E-state index in [1.54, 1.807) is 42.5 Å². The second-order valence-electron chi connectivity index (χ2n) is 7.25. The topological polar surface area (TPSA) is 116 Å². The average Bonchev–Trinajstić information content (AvgIpc) is 2.85. The van der Waals surface area contributed by atoms with Crippen LogP contribution in [-0.4, -0.2) is 36.8 Å². The van der Waals surface area contributed by atoms with Crippen molar-refractivity contribution in [2.24, 2.45) is 0 Å². The van der Waals surface area contributed by atoms with E-state index in [4.69, 9.17) is 14.0 Å². The molecular formula is C24H16F2I2O8S. The van der Waals surface area contributed by atoms with Crippen molar-refractivity contribution < 1.29 is 45.6 Å².